The SMILES string of the molecule is CC1CCC(C(=O)Nc2cc(F)ccc2F)CN1. The van der Waals surface area contributed by atoms with Crippen molar-refractivity contribution in [2.75, 3.05) is 11.9 Å². The second-order valence-corrected chi connectivity index (χ2v) is 4.70. The zero-order valence-electron chi connectivity index (χ0n) is 10.2. The first-order chi connectivity index (χ1) is 8.56. The van der Waals surface area contributed by atoms with Crippen LogP contribution in [0.25, 0.3) is 0 Å². The van der Waals surface area contributed by atoms with E-state index in [0.29, 0.717) is 12.6 Å². The number of hydrogen-bond acceptors (Lipinski definition) is 2. The number of carbonyl (C=O) groups excluding carboxylic acids is 1. The summed E-state index contributed by atoms with van der Waals surface area (Å²) in [6, 6.07) is 3.42. The molecule has 3 nitrogen and oxygen atoms in total. The zero-order valence-corrected chi connectivity index (χ0v) is 10.2. The minimum Gasteiger partial charge on any atom is -0.323 e. The highest BCUT2D eigenvalue weighted by molar-refractivity contribution is 5.92. The van der Waals surface area contributed by atoms with E-state index in [0.717, 1.165) is 31.0 Å². The van der Waals surface area contributed by atoms with E-state index in [2.05, 4.69) is 17.6 Å². The average molecular weight is 254 g/mol. The van der Waals surface area contributed by atoms with Crippen LogP contribution < -0.4 is 10.6 Å². The molecule has 1 saturated heterocycles. The number of rotatable bonds is 2. The fourth-order valence-corrected chi connectivity index (χ4v) is 2.05. The molecule has 0 aliphatic carbocycles. The van der Waals surface area contributed by atoms with Crippen molar-refractivity contribution in [2.45, 2.75) is 25.8 Å². The van der Waals surface area contributed by atoms with Gasteiger partial charge in [-0.3, -0.25) is 4.79 Å². The molecule has 2 rings (SSSR count). The molecule has 2 unspecified atom stereocenters. The van der Waals surface area contributed by atoms with E-state index in [9.17, 15) is 13.6 Å². The lowest BCUT2D eigenvalue weighted by atomic mass is 9.95. The molecule has 1 aromatic carbocycles. The fraction of sp³-hybridized carbons (Fsp3) is 0.462. The molecule has 2 N–H and O–H groups in total. The predicted octanol–water partition coefficient (Wildman–Crippen LogP) is 2.29. The molecular formula is C13H16F2N2O. The van der Waals surface area contributed by atoms with E-state index in [-0.39, 0.29) is 17.5 Å². The monoisotopic (exact) mass is 254 g/mol. The number of halogens is 2. The highest BCUT2D eigenvalue weighted by Crippen LogP contribution is 2.19. The molecule has 98 valence electrons. The summed E-state index contributed by atoms with van der Waals surface area (Å²) in [5.74, 6) is -1.65. The summed E-state index contributed by atoms with van der Waals surface area (Å²) < 4.78 is 26.3. The Morgan fingerprint density at radius 3 is 2.83 bits per heavy atom. The number of hydrogen-bond donors (Lipinski definition) is 2. The van der Waals surface area contributed by atoms with Crippen molar-refractivity contribution in [3.63, 3.8) is 0 Å². The zero-order chi connectivity index (χ0) is 13.1. The maximum atomic E-state index is 13.4. The van der Waals surface area contributed by atoms with E-state index >= 15 is 0 Å². The second-order valence-electron chi connectivity index (χ2n) is 4.70. The third-order valence-electron chi connectivity index (χ3n) is 3.22. The Labute approximate surface area is 105 Å². The van der Waals surface area contributed by atoms with Crippen molar-refractivity contribution in [1.82, 2.24) is 5.32 Å². The third kappa shape index (κ3) is 3.04. The van der Waals surface area contributed by atoms with Crippen LogP contribution in [0.4, 0.5) is 14.5 Å². The van der Waals surface area contributed by atoms with Crippen LogP contribution >= 0.6 is 0 Å². The molecule has 5 heteroatoms. The van der Waals surface area contributed by atoms with Gasteiger partial charge in [-0.15, -0.1) is 0 Å². The highest BCUT2D eigenvalue weighted by Gasteiger charge is 2.24. The number of nitrogens with one attached hydrogen (secondary N) is 2. The summed E-state index contributed by atoms with van der Waals surface area (Å²) in [5, 5.41) is 5.64. The summed E-state index contributed by atoms with van der Waals surface area (Å²) >= 11 is 0. The maximum Gasteiger partial charge on any atom is 0.228 e. The van der Waals surface area contributed by atoms with E-state index in [1.54, 1.807) is 0 Å². The Hall–Kier alpha value is -1.49. The lowest BCUT2D eigenvalue weighted by Crippen LogP contribution is -2.41. The van der Waals surface area contributed by atoms with Gasteiger partial charge in [0.05, 0.1) is 11.6 Å². The van der Waals surface area contributed by atoms with E-state index < -0.39 is 11.6 Å². The summed E-state index contributed by atoms with van der Waals surface area (Å²) in [4.78, 5) is 11.9. The van der Waals surface area contributed by atoms with Crippen LogP contribution in [0.5, 0.6) is 0 Å². The number of benzene rings is 1. The first-order valence-electron chi connectivity index (χ1n) is 6.05. The average Bonchev–Trinajstić information content (AvgIpc) is 2.34. The van der Waals surface area contributed by atoms with Crippen LogP contribution in [-0.2, 0) is 4.79 Å². The molecule has 0 radical (unpaired) electrons. The Balaban J connectivity index is 2.00. The first kappa shape index (κ1) is 13.0. The van der Waals surface area contributed by atoms with Crippen LogP contribution in [0.15, 0.2) is 18.2 Å². The van der Waals surface area contributed by atoms with Gasteiger partial charge in [-0.05, 0) is 31.9 Å². The van der Waals surface area contributed by atoms with Gasteiger partial charge in [0.25, 0.3) is 0 Å². The Morgan fingerprint density at radius 2 is 2.17 bits per heavy atom. The standard InChI is InChI=1S/C13H16F2N2O/c1-8-2-3-9(7-16-8)13(18)17-12-6-10(14)4-5-11(12)15/h4-6,8-9,16H,2-3,7H2,1H3,(H,17,18). The van der Waals surface area contributed by atoms with Crippen molar-refractivity contribution in [1.29, 1.82) is 0 Å². The lowest BCUT2D eigenvalue weighted by molar-refractivity contribution is -0.120. The van der Waals surface area contributed by atoms with Crippen LogP contribution in [0.3, 0.4) is 0 Å². The van der Waals surface area contributed by atoms with Gasteiger partial charge in [-0.2, -0.15) is 0 Å². The van der Waals surface area contributed by atoms with Gasteiger partial charge >= 0.3 is 0 Å². The number of amides is 1. The molecule has 0 spiro atoms. The van der Waals surface area contributed by atoms with Crippen LogP contribution in [-0.4, -0.2) is 18.5 Å². The van der Waals surface area contributed by atoms with Crippen molar-refractivity contribution >= 4 is 11.6 Å². The highest BCUT2D eigenvalue weighted by atomic mass is 19.1. The topological polar surface area (TPSA) is 41.1 Å². The lowest BCUT2D eigenvalue weighted by Gasteiger charge is -2.26. The molecule has 0 aromatic heterocycles. The molecule has 1 fully saturated rings. The molecule has 1 amide bonds. The fourth-order valence-electron chi connectivity index (χ4n) is 2.05. The van der Waals surface area contributed by atoms with E-state index in [4.69, 9.17) is 0 Å². The predicted molar refractivity (Wildman–Crippen MR) is 65.2 cm³/mol. The summed E-state index contributed by atoms with van der Waals surface area (Å²) in [6.45, 7) is 2.63. The summed E-state index contributed by atoms with van der Waals surface area (Å²) in [7, 11) is 0. The van der Waals surface area contributed by atoms with Crippen molar-refractivity contribution in [3.8, 4) is 0 Å². The largest absolute Gasteiger partial charge is 0.323 e. The van der Waals surface area contributed by atoms with E-state index in [1.165, 1.54) is 0 Å². The Kier molecular flexibility index (Phi) is 3.91. The third-order valence-corrected chi connectivity index (χ3v) is 3.22. The smallest absolute Gasteiger partial charge is 0.228 e. The van der Waals surface area contributed by atoms with Gasteiger partial charge in [0.15, 0.2) is 0 Å². The van der Waals surface area contributed by atoms with Crippen LogP contribution in [0.2, 0.25) is 0 Å². The van der Waals surface area contributed by atoms with Crippen LogP contribution in [0.1, 0.15) is 19.8 Å². The minimum atomic E-state index is -0.623. The maximum absolute atomic E-state index is 13.4. The molecule has 1 aliphatic heterocycles. The van der Waals surface area contributed by atoms with Gasteiger partial charge < -0.3 is 10.6 Å². The van der Waals surface area contributed by atoms with Gasteiger partial charge in [0.2, 0.25) is 5.91 Å². The molecule has 1 aromatic rings. The first-order valence-corrected chi connectivity index (χ1v) is 6.05. The molecule has 2 atom stereocenters. The summed E-state index contributed by atoms with van der Waals surface area (Å²) in [6.07, 6.45) is 1.67. The van der Waals surface area contributed by atoms with Gasteiger partial charge in [0.1, 0.15) is 11.6 Å². The van der Waals surface area contributed by atoms with Gasteiger partial charge in [-0.1, -0.05) is 0 Å². The molecule has 1 heterocycles. The number of anilines is 1. The van der Waals surface area contributed by atoms with Gasteiger partial charge in [0, 0.05) is 18.7 Å². The quantitative estimate of drug-likeness (QED) is 0.850. The van der Waals surface area contributed by atoms with Crippen LogP contribution in [0, 0.1) is 17.6 Å². The van der Waals surface area contributed by atoms with Crippen molar-refractivity contribution < 1.29 is 13.6 Å². The molecule has 1 aliphatic rings. The Bertz CT molecular complexity index is 443. The van der Waals surface area contributed by atoms with Crippen molar-refractivity contribution in [2.24, 2.45) is 5.92 Å². The number of piperidine rings is 1. The normalized spacial score (nSPS) is 23.7. The summed E-state index contributed by atoms with van der Waals surface area (Å²) in [5.41, 5.74) is -0.0985. The Morgan fingerprint density at radius 1 is 1.39 bits per heavy atom. The molecular weight excluding hydrogens is 238 g/mol. The second kappa shape index (κ2) is 5.44. The van der Waals surface area contributed by atoms with E-state index in [1.807, 2.05) is 0 Å². The molecule has 0 saturated carbocycles. The van der Waals surface area contributed by atoms with Crippen molar-refractivity contribution in [3.05, 3.63) is 29.8 Å². The number of carbonyl (C=O) groups is 1. The van der Waals surface area contributed by atoms with Gasteiger partial charge in [-0.25, -0.2) is 8.78 Å². The molecule has 0 bridgehead atoms. The minimum absolute atomic E-state index is 0.0985. The molecule has 18 heavy (non-hydrogen) atoms.